The van der Waals surface area contributed by atoms with E-state index in [1.165, 1.54) is 42.3 Å². The molecule has 3 aromatic carbocycles. The third kappa shape index (κ3) is 5.64. The van der Waals surface area contributed by atoms with Crippen molar-refractivity contribution in [2.24, 2.45) is 0 Å². The van der Waals surface area contributed by atoms with Crippen molar-refractivity contribution in [3.05, 3.63) is 87.3 Å². The van der Waals surface area contributed by atoms with E-state index in [0.29, 0.717) is 20.5 Å². The van der Waals surface area contributed by atoms with E-state index in [-0.39, 0.29) is 17.4 Å². The highest BCUT2D eigenvalue weighted by atomic mass is 32.2. The molecule has 9 nitrogen and oxygen atoms in total. The molecule has 1 saturated heterocycles. The highest BCUT2D eigenvalue weighted by Crippen LogP contribution is 2.38. The molecule has 0 spiro atoms. The minimum absolute atomic E-state index is 0.0547. The molecule has 0 bridgehead atoms. The average Bonchev–Trinajstić information content (AvgIpc) is 3.16. The Bertz CT molecular complexity index is 1550. The normalized spacial score (nSPS) is 14.8. The van der Waals surface area contributed by atoms with Crippen molar-refractivity contribution in [1.82, 2.24) is 0 Å². The molecular weight excluding hydrogens is 557 g/mol. The number of hydrogen-bond acceptors (Lipinski definition) is 10. The molecule has 1 aliphatic rings. The quantitative estimate of drug-likeness (QED) is 0.0853. The molecular formula is C24H18N2O7S4. The number of carbonyl (C=O) groups is 1. The number of nitro benzene ring substituents is 1. The lowest BCUT2D eigenvalue weighted by Gasteiger charge is -2.15. The standard InChI is InChI=1S/C24H18N2O7S4/c1-32-20-12-15(10-11-19(20)33-37(30,31)22-9-4-3-8-18(22)26(28)29)13-21-23(27)25(24(34)36-21)16-6-5-7-17(14-16)35-2/h3-14H,1-2H3/b21-13-. The summed E-state index contributed by atoms with van der Waals surface area (Å²) in [7, 11) is -3.22. The number of para-hydroxylation sites is 1. The minimum Gasteiger partial charge on any atom is -0.493 e. The second-order valence-electron chi connectivity index (χ2n) is 7.39. The number of hydrogen-bond donors (Lipinski definition) is 0. The van der Waals surface area contributed by atoms with Gasteiger partial charge in [0.05, 0.1) is 22.6 Å². The lowest BCUT2D eigenvalue weighted by Crippen LogP contribution is -2.27. The Kier molecular flexibility index (Phi) is 7.87. The maximum Gasteiger partial charge on any atom is 0.346 e. The number of anilines is 1. The van der Waals surface area contributed by atoms with Crippen LogP contribution in [0.4, 0.5) is 11.4 Å². The van der Waals surface area contributed by atoms with E-state index in [1.807, 2.05) is 24.5 Å². The largest absolute Gasteiger partial charge is 0.493 e. The second kappa shape index (κ2) is 10.9. The number of nitrogens with zero attached hydrogens (tertiary/aromatic N) is 2. The summed E-state index contributed by atoms with van der Waals surface area (Å²) in [6.07, 6.45) is 3.55. The van der Waals surface area contributed by atoms with Gasteiger partial charge in [0.15, 0.2) is 20.7 Å². The fourth-order valence-electron chi connectivity index (χ4n) is 3.42. The number of rotatable bonds is 8. The van der Waals surface area contributed by atoms with Crippen LogP contribution >= 0.6 is 35.7 Å². The van der Waals surface area contributed by atoms with Gasteiger partial charge in [0.2, 0.25) is 0 Å². The van der Waals surface area contributed by atoms with Gasteiger partial charge >= 0.3 is 10.1 Å². The zero-order valence-corrected chi connectivity index (χ0v) is 22.6. The monoisotopic (exact) mass is 574 g/mol. The maximum absolute atomic E-state index is 13.1. The van der Waals surface area contributed by atoms with E-state index >= 15 is 0 Å². The van der Waals surface area contributed by atoms with Crippen molar-refractivity contribution in [2.75, 3.05) is 18.3 Å². The molecule has 0 saturated carbocycles. The Hall–Kier alpha value is -3.39. The number of methoxy groups -OCH3 is 1. The third-order valence-corrected chi connectivity index (χ3v) is 8.43. The first-order chi connectivity index (χ1) is 17.6. The Balaban J connectivity index is 1.62. The summed E-state index contributed by atoms with van der Waals surface area (Å²) in [5, 5.41) is 11.3. The van der Waals surface area contributed by atoms with Crippen LogP contribution < -0.4 is 13.8 Å². The van der Waals surface area contributed by atoms with Gasteiger partial charge in [-0.3, -0.25) is 19.8 Å². The SMILES string of the molecule is COc1cc(/C=C2\SC(=S)N(c3cccc(SC)c3)C2=O)ccc1OS(=O)(=O)c1ccccc1[N+](=O)[O-]. The molecule has 1 heterocycles. The van der Waals surface area contributed by atoms with Gasteiger partial charge in [0, 0.05) is 11.0 Å². The Morgan fingerprint density at radius 2 is 1.84 bits per heavy atom. The fraction of sp³-hybridized carbons (Fsp3) is 0.0833. The van der Waals surface area contributed by atoms with E-state index < -0.39 is 25.6 Å². The van der Waals surface area contributed by atoms with E-state index in [0.717, 1.165) is 28.8 Å². The van der Waals surface area contributed by atoms with Gasteiger partial charge in [0.1, 0.15) is 0 Å². The Morgan fingerprint density at radius 3 is 2.54 bits per heavy atom. The average molecular weight is 575 g/mol. The zero-order valence-electron chi connectivity index (χ0n) is 19.3. The topological polar surface area (TPSA) is 116 Å². The first kappa shape index (κ1) is 26.7. The summed E-state index contributed by atoms with van der Waals surface area (Å²) in [6.45, 7) is 0. The van der Waals surface area contributed by atoms with Gasteiger partial charge in [-0.25, -0.2) is 0 Å². The molecule has 3 aromatic rings. The molecule has 190 valence electrons. The number of thioether (sulfide) groups is 2. The minimum atomic E-state index is -4.54. The van der Waals surface area contributed by atoms with Crippen LogP contribution in [0.2, 0.25) is 0 Å². The van der Waals surface area contributed by atoms with E-state index in [1.54, 1.807) is 23.9 Å². The van der Waals surface area contributed by atoms with Gasteiger partial charge in [-0.15, -0.1) is 11.8 Å². The van der Waals surface area contributed by atoms with Gasteiger partial charge in [-0.05, 0) is 54.3 Å². The molecule has 0 atom stereocenters. The van der Waals surface area contributed by atoms with Gasteiger partial charge in [-0.1, -0.05) is 48.2 Å². The van der Waals surface area contributed by atoms with Crippen LogP contribution in [0.25, 0.3) is 6.08 Å². The Labute approximate surface area is 226 Å². The van der Waals surface area contributed by atoms with E-state index in [9.17, 15) is 23.3 Å². The van der Waals surface area contributed by atoms with Gasteiger partial charge in [0.25, 0.3) is 11.6 Å². The molecule has 1 fully saturated rings. The van der Waals surface area contributed by atoms with Crippen LogP contribution in [0.5, 0.6) is 11.5 Å². The molecule has 0 aliphatic carbocycles. The number of ether oxygens (including phenoxy) is 1. The maximum atomic E-state index is 13.1. The summed E-state index contributed by atoms with van der Waals surface area (Å²) in [6, 6.07) is 16.7. The molecule has 0 radical (unpaired) electrons. The Morgan fingerprint density at radius 1 is 1.08 bits per heavy atom. The highest BCUT2D eigenvalue weighted by Gasteiger charge is 2.33. The zero-order chi connectivity index (χ0) is 26.7. The lowest BCUT2D eigenvalue weighted by molar-refractivity contribution is -0.387. The summed E-state index contributed by atoms with van der Waals surface area (Å²) in [4.78, 5) is 25.8. The van der Waals surface area contributed by atoms with Crippen molar-refractivity contribution in [3.8, 4) is 11.5 Å². The summed E-state index contributed by atoms with van der Waals surface area (Å²) in [5.41, 5.74) is 0.591. The molecule has 0 unspecified atom stereocenters. The van der Waals surface area contributed by atoms with Crippen molar-refractivity contribution < 1.29 is 27.1 Å². The first-order valence-corrected chi connectivity index (χ1v) is 14.3. The van der Waals surface area contributed by atoms with Crippen LogP contribution in [0.3, 0.4) is 0 Å². The van der Waals surface area contributed by atoms with Crippen molar-refractivity contribution >= 4 is 73.5 Å². The number of amides is 1. The van der Waals surface area contributed by atoms with Crippen LogP contribution in [0.15, 0.2) is 81.4 Å². The van der Waals surface area contributed by atoms with E-state index in [4.69, 9.17) is 21.1 Å². The molecule has 0 aromatic heterocycles. The van der Waals surface area contributed by atoms with Crippen molar-refractivity contribution in [2.45, 2.75) is 9.79 Å². The summed E-state index contributed by atoms with van der Waals surface area (Å²) in [5.74, 6) is -0.398. The lowest BCUT2D eigenvalue weighted by atomic mass is 10.2. The number of benzene rings is 3. The van der Waals surface area contributed by atoms with Crippen molar-refractivity contribution in [1.29, 1.82) is 0 Å². The predicted octanol–water partition coefficient (Wildman–Crippen LogP) is 5.50. The van der Waals surface area contributed by atoms with Crippen LogP contribution in [0, 0.1) is 10.1 Å². The second-order valence-corrected chi connectivity index (χ2v) is 11.5. The van der Waals surface area contributed by atoms with Crippen LogP contribution in [0.1, 0.15) is 5.56 Å². The first-order valence-electron chi connectivity index (χ1n) is 10.4. The smallest absolute Gasteiger partial charge is 0.346 e. The van der Waals surface area contributed by atoms with Crippen LogP contribution in [-0.2, 0) is 14.9 Å². The number of carbonyl (C=O) groups excluding carboxylic acids is 1. The molecule has 4 rings (SSSR count). The van der Waals surface area contributed by atoms with Crippen LogP contribution in [-0.4, -0.2) is 36.9 Å². The summed E-state index contributed by atoms with van der Waals surface area (Å²) < 4.78 is 36.4. The molecule has 1 aliphatic heterocycles. The van der Waals surface area contributed by atoms with Gasteiger partial charge < -0.3 is 8.92 Å². The predicted molar refractivity (Wildman–Crippen MR) is 148 cm³/mol. The van der Waals surface area contributed by atoms with Crippen molar-refractivity contribution in [3.63, 3.8) is 0 Å². The summed E-state index contributed by atoms with van der Waals surface area (Å²) >= 11 is 8.14. The highest BCUT2D eigenvalue weighted by molar-refractivity contribution is 8.27. The molecule has 1 amide bonds. The van der Waals surface area contributed by atoms with Gasteiger partial charge in [-0.2, -0.15) is 8.42 Å². The third-order valence-electron chi connectivity index (χ3n) is 5.12. The molecule has 37 heavy (non-hydrogen) atoms. The molecule has 0 N–H and O–H groups in total. The number of thiocarbonyl (C=S) groups is 1. The molecule has 13 heteroatoms. The van der Waals surface area contributed by atoms with E-state index in [2.05, 4.69) is 0 Å². The fourth-order valence-corrected chi connectivity index (χ4v) is 6.28. The number of nitro groups is 1.